The molecular formula is C15H21N3O4S. The second kappa shape index (κ2) is 7.56. The van der Waals surface area contributed by atoms with Crippen molar-refractivity contribution in [1.82, 2.24) is 14.9 Å². The van der Waals surface area contributed by atoms with Gasteiger partial charge in [0.1, 0.15) is 0 Å². The molecule has 0 atom stereocenters. The molecule has 1 saturated heterocycles. The van der Waals surface area contributed by atoms with E-state index >= 15 is 0 Å². The molecular weight excluding hydrogens is 318 g/mol. The maximum atomic E-state index is 12.1. The van der Waals surface area contributed by atoms with Crippen molar-refractivity contribution in [3.05, 3.63) is 29.8 Å². The third-order valence-electron chi connectivity index (χ3n) is 3.74. The Bertz CT molecular complexity index is 688. The molecule has 2 N–H and O–H groups in total. The molecule has 1 aromatic carbocycles. The summed E-state index contributed by atoms with van der Waals surface area (Å²) in [5.41, 5.74) is 0.290. The number of likely N-dealkylation sites (tertiary alicyclic amines) is 1. The number of carbonyl (C=O) groups is 2. The van der Waals surface area contributed by atoms with E-state index in [9.17, 15) is 18.0 Å². The first-order chi connectivity index (χ1) is 10.9. The Morgan fingerprint density at radius 2 is 2.13 bits per heavy atom. The second-order valence-electron chi connectivity index (χ2n) is 5.33. The van der Waals surface area contributed by atoms with Crippen LogP contribution in [0, 0.1) is 0 Å². The smallest absolute Gasteiger partial charge is 0.251 e. The fourth-order valence-corrected chi connectivity index (χ4v) is 3.21. The normalized spacial score (nSPS) is 15.0. The van der Waals surface area contributed by atoms with Crippen molar-refractivity contribution in [2.24, 2.45) is 0 Å². The van der Waals surface area contributed by atoms with Crippen LogP contribution in [0.25, 0.3) is 0 Å². The van der Waals surface area contributed by atoms with E-state index in [4.69, 9.17) is 0 Å². The molecule has 0 radical (unpaired) electrons. The minimum atomic E-state index is -3.57. The number of sulfonamides is 1. The van der Waals surface area contributed by atoms with Gasteiger partial charge in [-0.05, 0) is 38.1 Å². The van der Waals surface area contributed by atoms with Crippen molar-refractivity contribution in [3.63, 3.8) is 0 Å². The van der Waals surface area contributed by atoms with Crippen LogP contribution in [0.4, 0.5) is 0 Å². The molecule has 0 saturated carbocycles. The van der Waals surface area contributed by atoms with E-state index in [1.165, 1.54) is 25.2 Å². The first-order valence-electron chi connectivity index (χ1n) is 7.53. The van der Waals surface area contributed by atoms with Gasteiger partial charge in [0.25, 0.3) is 5.91 Å². The fraction of sp³-hybridized carbons (Fsp3) is 0.467. The minimum Gasteiger partial charge on any atom is -0.352 e. The lowest BCUT2D eigenvalue weighted by molar-refractivity contribution is -0.127. The minimum absolute atomic E-state index is 0.0512. The Morgan fingerprint density at radius 1 is 1.35 bits per heavy atom. The average Bonchev–Trinajstić information content (AvgIpc) is 2.96. The fourth-order valence-electron chi connectivity index (χ4n) is 2.44. The Kier molecular flexibility index (Phi) is 5.73. The molecule has 1 aliphatic heterocycles. The molecule has 0 bridgehead atoms. The van der Waals surface area contributed by atoms with E-state index in [0.29, 0.717) is 31.5 Å². The Hall–Kier alpha value is -1.93. The summed E-state index contributed by atoms with van der Waals surface area (Å²) in [7, 11) is -2.25. The zero-order valence-electron chi connectivity index (χ0n) is 13.0. The first-order valence-corrected chi connectivity index (χ1v) is 9.02. The molecule has 2 amide bonds. The van der Waals surface area contributed by atoms with Crippen molar-refractivity contribution in [1.29, 1.82) is 0 Å². The predicted octanol–water partition coefficient (Wildman–Crippen LogP) is 0.337. The predicted molar refractivity (Wildman–Crippen MR) is 85.5 cm³/mol. The van der Waals surface area contributed by atoms with Crippen molar-refractivity contribution in [2.75, 3.05) is 26.7 Å². The third-order valence-corrected chi connectivity index (χ3v) is 5.15. The molecule has 1 aliphatic rings. The lowest BCUT2D eigenvalue weighted by Gasteiger charge is -2.15. The van der Waals surface area contributed by atoms with Crippen molar-refractivity contribution < 1.29 is 18.0 Å². The van der Waals surface area contributed by atoms with Gasteiger partial charge in [-0.3, -0.25) is 9.59 Å². The molecule has 1 fully saturated rings. The number of hydrogen-bond acceptors (Lipinski definition) is 4. The molecule has 7 nitrogen and oxygen atoms in total. The van der Waals surface area contributed by atoms with Crippen LogP contribution in [0.1, 0.15) is 29.6 Å². The largest absolute Gasteiger partial charge is 0.352 e. The lowest BCUT2D eigenvalue weighted by Crippen LogP contribution is -2.30. The Labute approximate surface area is 136 Å². The molecule has 0 unspecified atom stereocenters. The highest BCUT2D eigenvalue weighted by molar-refractivity contribution is 7.89. The van der Waals surface area contributed by atoms with E-state index in [-0.39, 0.29) is 16.7 Å². The van der Waals surface area contributed by atoms with Crippen LogP contribution < -0.4 is 10.0 Å². The van der Waals surface area contributed by atoms with Crippen LogP contribution in [-0.4, -0.2) is 51.8 Å². The van der Waals surface area contributed by atoms with E-state index in [1.54, 1.807) is 11.0 Å². The standard InChI is InChI=1S/C15H21N3O4S/c1-16-23(21,22)13-6-2-5-12(11-13)15(20)17-8-4-10-18-9-3-7-14(18)19/h2,5-6,11,16H,3-4,7-10H2,1H3,(H,17,20). The van der Waals surface area contributed by atoms with E-state index in [0.717, 1.165) is 13.0 Å². The molecule has 2 rings (SSSR count). The number of carbonyl (C=O) groups excluding carboxylic acids is 2. The monoisotopic (exact) mass is 339 g/mol. The number of nitrogens with one attached hydrogen (secondary N) is 2. The number of benzene rings is 1. The van der Waals surface area contributed by atoms with Gasteiger partial charge in [-0.2, -0.15) is 0 Å². The third kappa shape index (κ3) is 4.52. The summed E-state index contributed by atoms with van der Waals surface area (Å²) >= 11 is 0. The average molecular weight is 339 g/mol. The molecule has 126 valence electrons. The summed E-state index contributed by atoms with van der Waals surface area (Å²) in [5, 5.41) is 2.74. The highest BCUT2D eigenvalue weighted by Gasteiger charge is 2.19. The van der Waals surface area contributed by atoms with Gasteiger partial charge in [-0.1, -0.05) is 6.07 Å². The molecule has 1 heterocycles. The molecule has 0 aromatic heterocycles. The highest BCUT2D eigenvalue weighted by atomic mass is 32.2. The Morgan fingerprint density at radius 3 is 2.78 bits per heavy atom. The zero-order valence-corrected chi connectivity index (χ0v) is 13.9. The van der Waals surface area contributed by atoms with Gasteiger partial charge < -0.3 is 10.2 Å². The van der Waals surface area contributed by atoms with E-state index in [2.05, 4.69) is 10.0 Å². The maximum Gasteiger partial charge on any atom is 0.251 e. The quantitative estimate of drug-likeness (QED) is 0.700. The first kappa shape index (κ1) is 17.4. The summed E-state index contributed by atoms with van der Waals surface area (Å²) in [4.78, 5) is 25.4. The van der Waals surface area contributed by atoms with Crippen LogP contribution in [0.5, 0.6) is 0 Å². The highest BCUT2D eigenvalue weighted by Crippen LogP contribution is 2.11. The summed E-state index contributed by atoms with van der Waals surface area (Å²) in [5.74, 6) is -0.160. The molecule has 1 aromatic rings. The number of nitrogens with zero attached hydrogens (tertiary/aromatic N) is 1. The second-order valence-corrected chi connectivity index (χ2v) is 7.22. The number of rotatable bonds is 7. The SMILES string of the molecule is CNS(=O)(=O)c1cccc(C(=O)NCCCN2CCCC2=O)c1. The van der Waals surface area contributed by atoms with Gasteiger partial charge in [0, 0.05) is 31.6 Å². The van der Waals surface area contributed by atoms with Crippen LogP contribution in [0.15, 0.2) is 29.2 Å². The van der Waals surface area contributed by atoms with Crippen molar-refractivity contribution >= 4 is 21.8 Å². The topological polar surface area (TPSA) is 95.6 Å². The zero-order chi connectivity index (χ0) is 16.9. The van der Waals surface area contributed by atoms with Crippen molar-refractivity contribution in [2.45, 2.75) is 24.2 Å². The summed E-state index contributed by atoms with van der Waals surface area (Å²) in [6, 6.07) is 5.86. The molecule has 0 spiro atoms. The summed E-state index contributed by atoms with van der Waals surface area (Å²) in [6.45, 7) is 1.86. The van der Waals surface area contributed by atoms with Crippen LogP contribution in [-0.2, 0) is 14.8 Å². The van der Waals surface area contributed by atoms with Gasteiger partial charge in [0.05, 0.1) is 4.90 Å². The van der Waals surface area contributed by atoms with Crippen molar-refractivity contribution in [3.8, 4) is 0 Å². The van der Waals surface area contributed by atoms with Crippen LogP contribution in [0.3, 0.4) is 0 Å². The van der Waals surface area contributed by atoms with E-state index in [1.807, 2.05) is 0 Å². The molecule has 8 heteroatoms. The van der Waals surface area contributed by atoms with Gasteiger partial charge >= 0.3 is 0 Å². The Balaban J connectivity index is 1.86. The molecule has 23 heavy (non-hydrogen) atoms. The van der Waals surface area contributed by atoms with Gasteiger partial charge in [-0.25, -0.2) is 13.1 Å². The summed E-state index contributed by atoms with van der Waals surface area (Å²) < 4.78 is 25.7. The van der Waals surface area contributed by atoms with E-state index < -0.39 is 10.0 Å². The van der Waals surface area contributed by atoms with Gasteiger partial charge in [0.2, 0.25) is 15.9 Å². The van der Waals surface area contributed by atoms with Gasteiger partial charge in [-0.15, -0.1) is 0 Å². The number of amides is 2. The van der Waals surface area contributed by atoms with Crippen LogP contribution in [0.2, 0.25) is 0 Å². The lowest BCUT2D eigenvalue weighted by atomic mass is 10.2. The maximum absolute atomic E-state index is 12.1. The van der Waals surface area contributed by atoms with Gasteiger partial charge in [0.15, 0.2) is 0 Å². The van der Waals surface area contributed by atoms with Crippen LogP contribution >= 0.6 is 0 Å². The number of hydrogen-bond donors (Lipinski definition) is 2. The molecule has 0 aliphatic carbocycles. The summed E-state index contributed by atoms with van der Waals surface area (Å²) in [6.07, 6.45) is 2.18.